The van der Waals surface area contributed by atoms with E-state index in [1.807, 2.05) is 17.0 Å². The number of thiophene rings is 1. The number of carbonyl (C=O) groups excluding carboxylic acids is 2. The van der Waals surface area contributed by atoms with Gasteiger partial charge in [-0.05, 0) is 67.7 Å². The third kappa shape index (κ3) is 6.55. The van der Waals surface area contributed by atoms with Gasteiger partial charge >= 0.3 is 0 Å². The summed E-state index contributed by atoms with van der Waals surface area (Å²) in [7, 11) is 1.71. The maximum Gasteiger partial charge on any atom is 0.226 e. The van der Waals surface area contributed by atoms with Crippen molar-refractivity contribution in [3.63, 3.8) is 0 Å². The van der Waals surface area contributed by atoms with Gasteiger partial charge in [-0.2, -0.15) is 0 Å². The Labute approximate surface area is 231 Å². The number of Topliss-reactive ketones (excluding diaryl/α,β-unsaturated/α-hetero) is 1. The Morgan fingerprint density at radius 1 is 1.18 bits per heavy atom. The minimum absolute atomic E-state index is 0.0168. The molecule has 3 heterocycles. The number of ketones is 1. The standard InChI is InChI=1S/C31H43N3O3S/c1-6-24(7-2)34-28-13-12-22(17-27(28)32-30(34)19-26-11-9-15-38-26)29(35)18-23(16-21(3)4)31(36)33-14-8-10-25(20-33)37-5/h9,11-13,15,17,21,23-25H,6-8,10,14,16,18-20H2,1-5H3/t23-,25?/m1/s1. The molecule has 0 radical (unpaired) electrons. The topological polar surface area (TPSA) is 64.4 Å². The molecule has 0 saturated carbocycles. The number of likely N-dealkylation sites (tertiary alicyclic amines) is 1. The molecule has 0 N–H and O–H groups in total. The second-order valence-corrected chi connectivity index (χ2v) is 12.1. The zero-order valence-electron chi connectivity index (χ0n) is 23.6. The highest BCUT2D eigenvalue weighted by Crippen LogP contribution is 2.30. The molecule has 1 fully saturated rings. The molecule has 0 spiro atoms. The fourth-order valence-electron chi connectivity index (χ4n) is 5.85. The first-order chi connectivity index (χ1) is 18.3. The normalized spacial score (nSPS) is 17.0. The number of hydrogen-bond donors (Lipinski definition) is 0. The van der Waals surface area contributed by atoms with Gasteiger partial charge in [-0.3, -0.25) is 9.59 Å². The molecule has 1 amide bonds. The van der Waals surface area contributed by atoms with Gasteiger partial charge in [0.2, 0.25) is 5.91 Å². The van der Waals surface area contributed by atoms with E-state index >= 15 is 0 Å². The molecule has 0 bridgehead atoms. The van der Waals surface area contributed by atoms with E-state index in [1.54, 1.807) is 18.4 Å². The van der Waals surface area contributed by atoms with Crippen LogP contribution in [0.3, 0.4) is 0 Å². The third-order valence-corrected chi connectivity index (χ3v) is 8.74. The summed E-state index contributed by atoms with van der Waals surface area (Å²) in [6.45, 7) is 10.0. The molecular weight excluding hydrogens is 494 g/mol. The summed E-state index contributed by atoms with van der Waals surface area (Å²) in [5.41, 5.74) is 2.58. The minimum atomic E-state index is -0.315. The van der Waals surface area contributed by atoms with Gasteiger partial charge in [0.15, 0.2) is 5.78 Å². The van der Waals surface area contributed by atoms with Crippen LogP contribution in [0.5, 0.6) is 0 Å². The van der Waals surface area contributed by atoms with E-state index in [0.29, 0.717) is 30.5 Å². The second kappa shape index (κ2) is 13.0. The maximum atomic E-state index is 13.6. The molecule has 1 aliphatic heterocycles. The molecule has 0 aliphatic carbocycles. The fraction of sp³-hybridized carbons (Fsp3) is 0.581. The molecule has 2 aromatic heterocycles. The van der Waals surface area contributed by atoms with E-state index in [1.165, 1.54) is 4.88 Å². The van der Waals surface area contributed by atoms with E-state index in [9.17, 15) is 9.59 Å². The van der Waals surface area contributed by atoms with Crippen LogP contribution in [-0.2, 0) is 16.0 Å². The van der Waals surface area contributed by atoms with Gasteiger partial charge in [-0.1, -0.05) is 33.8 Å². The van der Waals surface area contributed by atoms with Crippen LogP contribution in [0.2, 0.25) is 0 Å². The van der Waals surface area contributed by atoms with Crippen molar-refractivity contribution in [2.45, 2.75) is 84.8 Å². The Balaban J connectivity index is 1.59. The molecule has 1 unspecified atom stereocenters. The van der Waals surface area contributed by atoms with E-state index < -0.39 is 0 Å². The Morgan fingerprint density at radius 2 is 1.97 bits per heavy atom. The van der Waals surface area contributed by atoms with Crippen LogP contribution >= 0.6 is 11.3 Å². The molecule has 1 aromatic carbocycles. The van der Waals surface area contributed by atoms with E-state index in [-0.39, 0.29) is 30.1 Å². The second-order valence-electron chi connectivity index (χ2n) is 11.1. The minimum Gasteiger partial charge on any atom is -0.380 e. The van der Waals surface area contributed by atoms with Crippen molar-refractivity contribution in [1.82, 2.24) is 14.5 Å². The van der Waals surface area contributed by atoms with Gasteiger partial charge in [0.05, 0.1) is 17.1 Å². The Kier molecular flexibility index (Phi) is 9.77. The number of amides is 1. The van der Waals surface area contributed by atoms with Crippen molar-refractivity contribution in [3.8, 4) is 0 Å². The number of benzene rings is 1. The molecule has 3 aromatic rings. The molecule has 6 nitrogen and oxygen atoms in total. The van der Waals surface area contributed by atoms with Gasteiger partial charge < -0.3 is 14.2 Å². The van der Waals surface area contributed by atoms with Crippen molar-refractivity contribution in [2.75, 3.05) is 20.2 Å². The van der Waals surface area contributed by atoms with Crippen molar-refractivity contribution in [1.29, 1.82) is 0 Å². The fourth-order valence-corrected chi connectivity index (χ4v) is 6.55. The number of nitrogens with zero attached hydrogens (tertiary/aromatic N) is 3. The van der Waals surface area contributed by atoms with Crippen LogP contribution < -0.4 is 0 Å². The number of fused-ring (bicyclic) bond motifs is 1. The Bertz CT molecular complexity index is 1210. The third-order valence-electron chi connectivity index (χ3n) is 7.86. The summed E-state index contributed by atoms with van der Waals surface area (Å²) in [4.78, 5) is 35.3. The van der Waals surface area contributed by atoms with Gasteiger partial charge in [-0.15, -0.1) is 11.3 Å². The van der Waals surface area contributed by atoms with Crippen molar-refractivity contribution in [3.05, 3.63) is 52.0 Å². The first-order valence-corrected chi connectivity index (χ1v) is 15.1. The van der Waals surface area contributed by atoms with Crippen LogP contribution in [0.25, 0.3) is 11.0 Å². The predicted octanol–water partition coefficient (Wildman–Crippen LogP) is 6.92. The molecule has 7 heteroatoms. The highest BCUT2D eigenvalue weighted by molar-refractivity contribution is 7.09. The number of rotatable bonds is 12. The van der Waals surface area contributed by atoms with E-state index in [4.69, 9.17) is 9.72 Å². The number of methoxy groups -OCH3 is 1. The monoisotopic (exact) mass is 537 g/mol. The lowest BCUT2D eigenvalue weighted by atomic mass is 9.88. The zero-order chi connectivity index (χ0) is 27.2. The summed E-state index contributed by atoms with van der Waals surface area (Å²) < 4.78 is 7.90. The molecule has 1 saturated heterocycles. The summed E-state index contributed by atoms with van der Waals surface area (Å²) in [6.07, 6.45) is 5.77. The summed E-state index contributed by atoms with van der Waals surface area (Å²) in [5, 5.41) is 2.10. The molecule has 38 heavy (non-hydrogen) atoms. The van der Waals surface area contributed by atoms with Crippen LogP contribution in [-0.4, -0.2) is 52.4 Å². The first-order valence-electron chi connectivity index (χ1n) is 14.2. The van der Waals surface area contributed by atoms with Crippen molar-refractivity contribution >= 4 is 34.1 Å². The molecule has 4 rings (SSSR count). The smallest absolute Gasteiger partial charge is 0.226 e. The van der Waals surface area contributed by atoms with E-state index in [0.717, 1.165) is 55.5 Å². The van der Waals surface area contributed by atoms with Gasteiger partial charge in [0, 0.05) is 55.4 Å². The molecule has 1 aliphatic rings. The summed E-state index contributed by atoms with van der Waals surface area (Å²) >= 11 is 1.75. The lowest BCUT2D eigenvalue weighted by Gasteiger charge is -2.34. The molecule has 206 valence electrons. The Morgan fingerprint density at radius 3 is 2.63 bits per heavy atom. The highest BCUT2D eigenvalue weighted by atomic mass is 32.1. The summed E-state index contributed by atoms with van der Waals surface area (Å²) in [6, 6.07) is 10.5. The first kappa shape index (κ1) is 28.5. The highest BCUT2D eigenvalue weighted by Gasteiger charge is 2.31. The van der Waals surface area contributed by atoms with Crippen LogP contribution in [0.4, 0.5) is 0 Å². The number of carbonyl (C=O) groups is 2. The van der Waals surface area contributed by atoms with Crippen molar-refractivity contribution < 1.29 is 14.3 Å². The number of imidazole rings is 1. The lowest BCUT2D eigenvalue weighted by Crippen LogP contribution is -2.46. The zero-order valence-corrected chi connectivity index (χ0v) is 24.4. The molecular formula is C31H43N3O3S. The van der Waals surface area contributed by atoms with E-state index in [2.05, 4.69) is 55.8 Å². The average molecular weight is 538 g/mol. The van der Waals surface area contributed by atoms with Crippen LogP contribution in [0.15, 0.2) is 35.7 Å². The Hall–Kier alpha value is -2.51. The average Bonchev–Trinajstić information content (AvgIpc) is 3.56. The predicted molar refractivity (Wildman–Crippen MR) is 155 cm³/mol. The van der Waals surface area contributed by atoms with Crippen LogP contribution in [0, 0.1) is 11.8 Å². The number of aromatic nitrogens is 2. The maximum absolute atomic E-state index is 13.6. The number of piperidine rings is 1. The van der Waals surface area contributed by atoms with Crippen molar-refractivity contribution in [2.24, 2.45) is 11.8 Å². The summed E-state index contributed by atoms with van der Waals surface area (Å²) in [5.74, 6) is 1.17. The number of ether oxygens (including phenoxy) is 1. The number of hydrogen-bond acceptors (Lipinski definition) is 5. The SMILES string of the molecule is CCC(CC)n1c(Cc2cccs2)nc2cc(C(=O)C[C@@H](CC(C)C)C(=O)N3CCCC(OC)C3)ccc21. The van der Waals surface area contributed by atoms with Gasteiger partial charge in [0.25, 0.3) is 0 Å². The molecule has 2 atom stereocenters. The quantitative estimate of drug-likeness (QED) is 0.235. The lowest BCUT2D eigenvalue weighted by molar-refractivity contribution is -0.139. The van der Waals surface area contributed by atoms with Gasteiger partial charge in [0.1, 0.15) is 5.82 Å². The van der Waals surface area contributed by atoms with Gasteiger partial charge in [-0.25, -0.2) is 4.98 Å². The van der Waals surface area contributed by atoms with Crippen LogP contribution in [0.1, 0.15) is 93.3 Å². The largest absolute Gasteiger partial charge is 0.380 e.